The normalized spacial score (nSPS) is 17.4. The van der Waals surface area contributed by atoms with E-state index >= 15 is 0 Å². The second-order valence-electron chi connectivity index (χ2n) is 7.35. The Morgan fingerprint density at radius 3 is 2.61 bits per heavy atom. The molecule has 1 amide bonds. The minimum absolute atomic E-state index is 0.00256. The molecule has 2 aromatic carbocycles. The minimum Gasteiger partial charge on any atom is -0.493 e. The third-order valence-corrected chi connectivity index (χ3v) is 6.84. The Bertz CT molecular complexity index is 1050. The third-order valence-electron chi connectivity index (χ3n) is 5.09. The average molecular weight is 442 g/mol. The lowest BCUT2D eigenvalue weighted by Gasteiger charge is -2.27. The highest BCUT2D eigenvalue weighted by Crippen LogP contribution is 2.29. The number of hydrogen-bond donors (Lipinski definition) is 0. The molecule has 6 nitrogen and oxygen atoms in total. The molecule has 7 heteroatoms. The molecule has 0 aromatic heterocycles. The van der Waals surface area contributed by atoms with Crippen molar-refractivity contribution in [2.24, 2.45) is 0 Å². The molecule has 3 rings (SSSR count). The second-order valence-corrected chi connectivity index (χ2v) is 9.58. The van der Waals surface area contributed by atoms with E-state index in [0.717, 1.165) is 11.1 Å². The minimum atomic E-state index is -3.11. The van der Waals surface area contributed by atoms with E-state index in [0.29, 0.717) is 31.1 Å². The average Bonchev–Trinajstić information content (AvgIpc) is 3.14. The molecule has 0 N–H and O–H groups in total. The Hall–Kier alpha value is -3.06. The van der Waals surface area contributed by atoms with Crippen LogP contribution in [0.4, 0.5) is 0 Å². The SMILES string of the molecule is C=CCOc1ccc(/C=C/C(=O)N(Cc2ccccc2)C2CCS(=O)(=O)C2)cc1OC. The molecule has 1 saturated heterocycles. The highest BCUT2D eigenvalue weighted by molar-refractivity contribution is 7.91. The first-order valence-electron chi connectivity index (χ1n) is 10.1. The lowest BCUT2D eigenvalue weighted by Crippen LogP contribution is -2.39. The maximum Gasteiger partial charge on any atom is 0.247 e. The van der Waals surface area contributed by atoms with Crippen molar-refractivity contribution in [3.63, 3.8) is 0 Å². The Morgan fingerprint density at radius 2 is 1.97 bits per heavy atom. The summed E-state index contributed by atoms with van der Waals surface area (Å²) in [5.41, 5.74) is 1.73. The van der Waals surface area contributed by atoms with Gasteiger partial charge < -0.3 is 14.4 Å². The summed E-state index contributed by atoms with van der Waals surface area (Å²) in [6, 6.07) is 14.6. The number of sulfone groups is 1. The Kier molecular flexibility index (Phi) is 7.52. The summed E-state index contributed by atoms with van der Waals surface area (Å²) in [6.45, 7) is 4.36. The summed E-state index contributed by atoms with van der Waals surface area (Å²) < 4.78 is 34.9. The van der Waals surface area contributed by atoms with E-state index in [2.05, 4.69) is 6.58 Å². The molecule has 1 atom stereocenters. The maximum atomic E-state index is 13.1. The first-order valence-corrected chi connectivity index (χ1v) is 11.9. The fourth-order valence-corrected chi connectivity index (χ4v) is 5.24. The van der Waals surface area contributed by atoms with Crippen molar-refractivity contribution in [2.45, 2.75) is 19.0 Å². The van der Waals surface area contributed by atoms with Gasteiger partial charge in [0, 0.05) is 18.7 Å². The molecule has 1 heterocycles. The van der Waals surface area contributed by atoms with Crippen LogP contribution in [-0.2, 0) is 21.2 Å². The van der Waals surface area contributed by atoms with Gasteiger partial charge in [-0.1, -0.05) is 49.1 Å². The molecule has 0 saturated carbocycles. The predicted molar refractivity (Wildman–Crippen MR) is 122 cm³/mol. The van der Waals surface area contributed by atoms with Gasteiger partial charge in [-0.15, -0.1) is 0 Å². The van der Waals surface area contributed by atoms with Crippen LogP contribution < -0.4 is 9.47 Å². The molecule has 0 bridgehead atoms. The molecular formula is C24H27NO5S. The van der Waals surface area contributed by atoms with E-state index in [4.69, 9.17) is 9.47 Å². The molecule has 31 heavy (non-hydrogen) atoms. The molecule has 1 unspecified atom stereocenters. The summed E-state index contributed by atoms with van der Waals surface area (Å²) in [5.74, 6) is 1.04. The van der Waals surface area contributed by atoms with E-state index in [1.165, 1.54) is 6.08 Å². The van der Waals surface area contributed by atoms with E-state index in [1.807, 2.05) is 36.4 Å². The van der Waals surface area contributed by atoms with Crippen molar-refractivity contribution in [3.05, 3.63) is 78.4 Å². The molecule has 1 fully saturated rings. The van der Waals surface area contributed by atoms with Crippen LogP contribution in [0.3, 0.4) is 0 Å². The van der Waals surface area contributed by atoms with Crippen molar-refractivity contribution < 1.29 is 22.7 Å². The summed E-state index contributed by atoms with van der Waals surface area (Å²) in [6.07, 6.45) is 5.28. The van der Waals surface area contributed by atoms with Crippen molar-refractivity contribution in [3.8, 4) is 11.5 Å². The van der Waals surface area contributed by atoms with Gasteiger partial charge in [-0.25, -0.2) is 8.42 Å². The van der Waals surface area contributed by atoms with Gasteiger partial charge in [0.15, 0.2) is 21.3 Å². The highest BCUT2D eigenvalue weighted by atomic mass is 32.2. The van der Waals surface area contributed by atoms with Crippen LogP contribution in [-0.4, -0.2) is 50.5 Å². The van der Waals surface area contributed by atoms with Crippen molar-refractivity contribution >= 4 is 21.8 Å². The molecule has 1 aliphatic rings. The third kappa shape index (κ3) is 6.21. The molecule has 1 aliphatic heterocycles. The number of nitrogens with zero attached hydrogens (tertiary/aromatic N) is 1. The largest absolute Gasteiger partial charge is 0.493 e. The second kappa shape index (κ2) is 10.3. The zero-order chi connectivity index (χ0) is 22.3. The monoisotopic (exact) mass is 441 g/mol. The fraction of sp³-hybridized carbons (Fsp3) is 0.292. The van der Waals surface area contributed by atoms with Gasteiger partial charge in [0.05, 0.1) is 18.6 Å². The molecule has 0 spiro atoms. The number of rotatable bonds is 9. The summed E-state index contributed by atoms with van der Waals surface area (Å²) in [7, 11) is -1.56. The predicted octanol–water partition coefficient (Wildman–Crippen LogP) is 3.49. The van der Waals surface area contributed by atoms with Gasteiger partial charge >= 0.3 is 0 Å². The van der Waals surface area contributed by atoms with Crippen LogP contribution in [0.15, 0.2) is 67.3 Å². The number of hydrogen-bond acceptors (Lipinski definition) is 5. The van der Waals surface area contributed by atoms with Crippen LogP contribution >= 0.6 is 0 Å². The number of carbonyl (C=O) groups excluding carboxylic acids is 1. The Morgan fingerprint density at radius 1 is 1.19 bits per heavy atom. The molecule has 2 aromatic rings. The van der Waals surface area contributed by atoms with Gasteiger partial charge in [-0.2, -0.15) is 0 Å². The molecule has 0 radical (unpaired) electrons. The lowest BCUT2D eigenvalue weighted by molar-refractivity contribution is -0.128. The van der Waals surface area contributed by atoms with Gasteiger partial charge in [-0.3, -0.25) is 4.79 Å². The molecule has 164 valence electrons. The van der Waals surface area contributed by atoms with Crippen molar-refractivity contribution in [1.82, 2.24) is 4.90 Å². The first-order chi connectivity index (χ1) is 14.9. The number of methoxy groups -OCH3 is 1. The summed E-state index contributed by atoms with van der Waals surface area (Å²) in [5, 5.41) is 0. The lowest BCUT2D eigenvalue weighted by atomic mass is 10.1. The van der Waals surface area contributed by atoms with Crippen LogP contribution in [0.1, 0.15) is 17.5 Å². The molecule has 0 aliphatic carbocycles. The standard InChI is InChI=1S/C24H27NO5S/c1-3-14-30-22-11-9-19(16-23(22)29-2)10-12-24(26)25(17-20-7-5-4-6-8-20)21-13-15-31(27,28)18-21/h3-12,16,21H,1,13-15,17-18H2,2H3/b12-10+. The fourth-order valence-electron chi connectivity index (χ4n) is 3.51. The topological polar surface area (TPSA) is 72.9 Å². The van der Waals surface area contributed by atoms with E-state index in [-0.39, 0.29) is 23.5 Å². The Labute approximate surface area is 183 Å². The molecular weight excluding hydrogens is 414 g/mol. The van der Waals surface area contributed by atoms with Crippen molar-refractivity contribution in [2.75, 3.05) is 25.2 Å². The van der Waals surface area contributed by atoms with Gasteiger partial charge in [-0.05, 0) is 35.8 Å². The van der Waals surface area contributed by atoms with E-state index in [9.17, 15) is 13.2 Å². The summed E-state index contributed by atoms with van der Waals surface area (Å²) >= 11 is 0. The quantitative estimate of drug-likeness (QED) is 0.440. The number of benzene rings is 2. The number of carbonyl (C=O) groups is 1. The van der Waals surface area contributed by atoms with Crippen molar-refractivity contribution in [1.29, 1.82) is 0 Å². The van der Waals surface area contributed by atoms with Gasteiger partial charge in [0.2, 0.25) is 5.91 Å². The van der Waals surface area contributed by atoms with Gasteiger partial charge in [0.25, 0.3) is 0 Å². The van der Waals surface area contributed by atoms with Crippen LogP contribution in [0.2, 0.25) is 0 Å². The zero-order valence-corrected chi connectivity index (χ0v) is 18.4. The summed E-state index contributed by atoms with van der Waals surface area (Å²) in [4.78, 5) is 14.7. The number of ether oxygens (including phenoxy) is 2. The smallest absolute Gasteiger partial charge is 0.247 e. The van der Waals surface area contributed by atoms with Crippen LogP contribution in [0, 0.1) is 0 Å². The Balaban J connectivity index is 1.79. The van der Waals surface area contributed by atoms with Gasteiger partial charge in [0.1, 0.15) is 6.61 Å². The van der Waals surface area contributed by atoms with E-state index < -0.39 is 9.84 Å². The zero-order valence-electron chi connectivity index (χ0n) is 17.6. The first kappa shape index (κ1) is 22.6. The number of amides is 1. The maximum absolute atomic E-state index is 13.1. The van der Waals surface area contributed by atoms with E-state index in [1.54, 1.807) is 36.3 Å². The van der Waals surface area contributed by atoms with Crippen LogP contribution in [0.5, 0.6) is 11.5 Å². The highest BCUT2D eigenvalue weighted by Gasteiger charge is 2.34. The van der Waals surface area contributed by atoms with Crippen LogP contribution in [0.25, 0.3) is 6.08 Å².